The molecule has 0 saturated heterocycles. The summed E-state index contributed by atoms with van der Waals surface area (Å²) in [7, 11) is 1.56. The molecule has 3 aromatic rings. The number of methoxy groups -OCH3 is 1. The molecule has 1 aromatic heterocycles. The third-order valence-corrected chi connectivity index (χ3v) is 3.57. The van der Waals surface area contributed by atoms with Gasteiger partial charge in [-0.3, -0.25) is 4.79 Å². The minimum Gasteiger partial charge on any atom is -0.495 e. The van der Waals surface area contributed by atoms with E-state index < -0.39 is 0 Å². The Morgan fingerprint density at radius 2 is 1.79 bits per heavy atom. The van der Waals surface area contributed by atoms with E-state index in [4.69, 9.17) is 4.74 Å². The van der Waals surface area contributed by atoms with Gasteiger partial charge in [-0.15, -0.1) is 10.2 Å². The molecule has 0 bridgehead atoms. The molecule has 0 radical (unpaired) electrons. The Hall–Kier alpha value is -3.21. The van der Waals surface area contributed by atoms with Crippen LogP contribution in [-0.4, -0.2) is 23.2 Å². The van der Waals surface area contributed by atoms with E-state index in [0.717, 1.165) is 16.8 Å². The van der Waals surface area contributed by atoms with Gasteiger partial charge in [0.15, 0.2) is 5.69 Å². The predicted octanol–water partition coefficient (Wildman–Crippen LogP) is 3.71. The number of ether oxygens (including phenoxy) is 1. The molecule has 0 aliphatic carbocycles. The monoisotopic (exact) mass is 319 g/mol. The average molecular weight is 319 g/mol. The van der Waals surface area contributed by atoms with E-state index in [9.17, 15) is 4.79 Å². The van der Waals surface area contributed by atoms with Crippen molar-refractivity contribution in [3.05, 3.63) is 71.9 Å². The number of hydrogen-bond donors (Lipinski definition) is 1. The maximum Gasteiger partial charge on any atom is 0.276 e. The summed E-state index contributed by atoms with van der Waals surface area (Å²) in [6.07, 6.45) is 0. The van der Waals surface area contributed by atoms with Crippen molar-refractivity contribution in [3.8, 4) is 17.0 Å². The molecule has 0 fully saturated rings. The number of aryl methyl sites for hydroxylation is 1. The molecule has 1 N–H and O–H groups in total. The van der Waals surface area contributed by atoms with Gasteiger partial charge in [0.25, 0.3) is 5.91 Å². The van der Waals surface area contributed by atoms with Crippen molar-refractivity contribution in [2.45, 2.75) is 6.92 Å². The number of rotatable bonds is 4. The fourth-order valence-electron chi connectivity index (χ4n) is 2.32. The molecule has 0 aliphatic rings. The van der Waals surface area contributed by atoms with Crippen LogP contribution in [0.2, 0.25) is 0 Å². The Labute approximate surface area is 140 Å². The van der Waals surface area contributed by atoms with Gasteiger partial charge in [-0.25, -0.2) is 0 Å². The van der Waals surface area contributed by atoms with Crippen LogP contribution in [0, 0.1) is 6.92 Å². The van der Waals surface area contributed by atoms with Gasteiger partial charge in [0.1, 0.15) is 5.75 Å². The van der Waals surface area contributed by atoms with Gasteiger partial charge >= 0.3 is 0 Å². The Kier molecular flexibility index (Phi) is 4.52. The fourth-order valence-corrected chi connectivity index (χ4v) is 2.32. The first-order valence-electron chi connectivity index (χ1n) is 7.52. The van der Waals surface area contributed by atoms with Crippen LogP contribution in [0.15, 0.2) is 60.7 Å². The number of aromatic nitrogens is 2. The van der Waals surface area contributed by atoms with Crippen LogP contribution in [0.1, 0.15) is 16.1 Å². The quantitative estimate of drug-likeness (QED) is 0.796. The summed E-state index contributed by atoms with van der Waals surface area (Å²) in [5.74, 6) is 0.272. The number of hydrogen-bond acceptors (Lipinski definition) is 4. The Morgan fingerprint density at radius 1 is 1.00 bits per heavy atom. The lowest BCUT2D eigenvalue weighted by Crippen LogP contribution is -2.15. The van der Waals surface area contributed by atoms with Crippen molar-refractivity contribution in [1.29, 1.82) is 0 Å². The van der Waals surface area contributed by atoms with Gasteiger partial charge < -0.3 is 10.1 Å². The standard InChI is InChI=1S/C19H17N3O2/c1-13-8-11-18(24-2)17(12-13)20-19(23)16-10-9-15(21-22-16)14-6-4-3-5-7-14/h3-12H,1-2H3,(H,20,23). The molecule has 0 saturated carbocycles. The number of nitrogens with one attached hydrogen (secondary N) is 1. The van der Waals surface area contributed by atoms with Crippen LogP contribution in [0.4, 0.5) is 5.69 Å². The first kappa shape index (κ1) is 15.7. The smallest absolute Gasteiger partial charge is 0.276 e. The van der Waals surface area contributed by atoms with Crippen LogP contribution in [-0.2, 0) is 0 Å². The van der Waals surface area contributed by atoms with E-state index >= 15 is 0 Å². The van der Waals surface area contributed by atoms with Crippen LogP contribution >= 0.6 is 0 Å². The molecule has 0 unspecified atom stereocenters. The number of nitrogens with zero attached hydrogens (tertiary/aromatic N) is 2. The number of carbonyl (C=O) groups is 1. The van der Waals surface area contributed by atoms with Gasteiger partial charge in [-0.1, -0.05) is 36.4 Å². The average Bonchev–Trinajstić information content (AvgIpc) is 2.63. The molecule has 5 nitrogen and oxygen atoms in total. The molecule has 5 heteroatoms. The summed E-state index contributed by atoms with van der Waals surface area (Å²) in [6.45, 7) is 1.95. The molecule has 0 atom stereocenters. The van der Waals surface area contributed by atoms with E-state index in [-0.39, 0.29) is 11.6 Å². The Balaban J connectivity index is 1.80. The zero-order chi connectivity index (χ0) is 16.9. The van der Waals surface area contributed by atoms with Gasteiger partial charge in [-0.2, -0.15) is 0 Å². The molecule has 0 spiro atoms. The summed E-state index contributed by atoms with van der Waals surface area (Å²) in [6, 6.07) is 18.7. The van der Waals surface area contributed by atoms with Crippen molar-refractivity contribution in [3.63, 3.8) is 0 Å². The zero-order valence-electron chi connectivity index (χ0n) is 13.5. The van der Waals surface area contributed by atoms with E-state index in [2.05, 4.69) is 15.5 Å². The van der Waals surface area contributed by atoms with E-state index in [1.165, 1.54) is 0 Å². The number of benzene rings is 2. The van der Waals surface area contributed by atoms with Crippen LogP contribution in [0.5, 0.6) is 5.75 Å². The Morgan fingerprint density at radius 3 is 2.46 bits per heavy atom. The first-order valence-corrected chi connectivity index (χ1v) is 7.52. The lowest BCUT2D eigenvalue weighted by atomic mass is 10.1. The number of carbonyl (C=O) groups excluding carboxylic acids is 1. The highest BCUT2D eigenvalue weighted by atomic mass is 16.5. The number of amides is 1. The van der Waals surface area contributed by atoms with Crippen molar-refractivity contribution in [2.24, 2.45) is 0 Å². The van der Waals surface area contributed by atoms with Crippen molar-refractivity contribution < 1.29 is 9.53 Å². The lowest BCUT2D eigenvalue weighted by Gasteiger charge is -2.10. The minimum atomic E-state index is -0.328. The predicted molar refractivity (Wildman–Crippen MR) is 93.2 cm³/mol. The zero-order valence-corrected chi connectivity index (χ0v) is 13.5. The highest BCUT2D eigenvalue weighted by Gasteiger charge is 2.12. The van der Waals surface area contributed by atoms with E-state index in [0.29, 0.717) is 11.4 Å². The normalized spacial score (nSPS) is 10.2. The van der Waals surface area contributed by atoms with Gasteiger partial charge in [0, 0.05) is 5.56 Å². The van der Waals surface area contributed by atoms with E-state index in [1.54, 1.807) is 19.2 Å². The largest absolute Gasteiger partial charge is 0.495 e. The first-order chi connectivity index (χ1) is 11.7. The molecule has 1 amide bonds. The summed E-state index contributed by atoms with van der Waals surface area (Å²) in [4.78, 5) is 12.4. The van der Waals surface area contributed by atoms with Crippen LogP contribution in [0.3, 0.4) is 0 Å². The maximum atomic E-state index is 12.4. The van der Waals surface area contributed by atoms with Crippen molar-refractivity contribution in [2.75, 3.05) is 12.4 Å². The molecule has 1 heterocycles. The summed E-state index contributed by atoms with van der Waals surface area (Å²) >= 11 is 0. The Bertz CT molecular complexity index is 846. The third-order valence-electron chi connectivity index (χ3n) is 3.57. The molecule has 3 rings (SSSR count). The molecule has 24 heavy (non-hydrogen) atoms. The topological polar surface area (TPSA) is 64.1 Å². The van der Waals surface area contributed by atoms with Gasteiger partial charge in [0.2, 0.25) is 0 Å². The van der Waals surface area contributed by atoms with Crippen LogP contribution in [0.25, 0.3) is 11.3 Å². The lowest BCUT2D eigenvalue weighted by molar-refractivity contribution is 0.102. The van der Waals surface area contributed by atoms with Gasteiger partial charge in [-0.05, 0) is 36.8 Å². The van der Waals surface area contributed by atoms with Crippen molar-refractivity contribution >= 4 is 11.6 Å². The molecule has 120 valence electrons. The highest BCUT2D eigenvalue weighted by Crippen LogP contribution is 2.25. The highest BCUT2D eigenvalue weighted by molar-refractivity contribution is 6.03. The second-order valence-electron chi connectivity index (χ2n) is 5.33. The summed E-state index contributed by atoms with van der Waals surface area (Å²) < 4.78 is 5.26. The molecular weight excluding hydrogens is 302 g/mol. The second-order valence-corrected chi connectivity index (χ2v) is 5.33. The maximum absolute atomic E-state index is 12.4. The summed E-state index contributed by atoms with van der Waals surface area (Å²) in [5, 5.41) is 11.0. The summed E-state index contributed by atoms with van der Waals surface area (Å²) in [5.41, 5.74) is 3.56. The number of anilines is 1. The van der Waals surface area contributed by atoms with E-state index in [1.807, 2.05) is 55.5 Å². The molecular formula is C19H17N3O2. The van der Waals surface area contributed by atoms with Crippen LogP contribution < -0.4 is 10.1 Å². The van der Waals surface area contributed by atoms with Gasteiger partial charge in [0.05, 0.1) is 18.5 Å². The third kappa shape index (κ3) is 3.41. The fraction of sp³-hybridized carbons (Fsp3) is 0.105. The second kappa shape index (κ2) is 6.91. The SMILES string of the molecule is COc1ccc(C)cc1NC(=O)c1ccc(-c2ccccc2)nn1. The molecule has 0 aliphatic heterocycles. The minimum absolute atomic E-state index is 0.248. The molecule has 2 aromatic carbocycles. The van der Waals surface area contributed by atoms with Crippen molar-refractivity contribution in [1.82, 2.24) is 10.2 Å².